The second kappa shape index (κ2) is 6.03. The maximum atomic E-state index is 10.7. The molecular weight excluding hydrogens is 256 g/mol. The molecule has 1 aliphatic carbocycles. The predicted octanol–water partition coefficient (Wildman–Crippen LogP) is 4.33. The highest BCUT2D eigenvalue weighted by molar-refractivity contribution is 5.34. The fourth-order valence-corrected chi connectivity index (χ4v) is 3.41. The van der Waals surface area contributed by atoms with Crippen molar-refractivity contribution in [1.29, 1.82) is 0 Å². The maximum absolute atomic E-state index is 10.7. The fourth-order valence-electron chi connectivity index (χ4n) is 3.41. The predicted molar refractivity (Wildman–Crippen MR) is 87.3 cm³/mol. The molecule has 21 heavy (non-hydrogen) atoms. The van der Waals surface area contributed by atoms with E-state index in [-0.39, 0.29) is 6.10 Å². The van der Waals surface area contributed by atoms with Gasteiger partial charge in [-0.3, -0.25) is 0 Å². The molecule has 110 valence electrons. The van der Waals surface area contributed by atoms with Crippen molar-refractivity contribution in [1.82, 2.24) is 0 Å². The smallest absolute Gasteiger partial charge is 0.0824 e. The van der Waals surface area contributed by atoms with Crippen molar-refractivity contribution in [2.45, 2.75) is 39.2 Å². The number of aliphatic hydroxyl groups is 1. The first-order valence-electron chi connectivity index (χ1n) is 7.97. The van der Waals surface area contributed by atoms with E-state index in [0.29, 0.717) is 11.8 Å². The summed E-state index contributed by atoms with van der Waals surface area (Å²) >= 11 is 0. The molecule has 3 rings (SSSR count). The normalized spacial score (nSPS) is 16.2. The van der Waals surface area contributed by atoms with E-state index in [0.717, 1.165) is 24.8 Å². The zero-order chi connectivity index (χ0) is 14.8. The Morgan fingerprint density at radius 1 is 0.952 bits per heavy atom. The van der Waals surface area contributed by atoms with Crippen molar-refractivity contribution in [2.75, 3.05) is 0 Å². The molecule has 0 aliphatic heterocycles. The Kier molecular flexibility index (Phi) is 4.12. The largest absolute Gasteiger partial charge is 0.388 e. The average molecular weight is 280 g/mol. The third-order valence-electron chi connectivity index (χ3n) is 4.49. The van der Waals surface area contributed by atoms with Crippen LogP contribution < -0.4 is 0 Å². The standard InChI is InChI=1S/C20H24O/c1-14(2)11-15-7-9-16(10-8-15)20(21)19-12-17-5-3-4-6-18(17)13-19/h3-10,14,19-21H,11-13H2,1-2H3. The highest BCUT2D eigenvalue weighted by Crippen LogP contribution is 2.35. The van der Waals surface area contributed by atoms with Crippen molar-refractivity contribution in [3.05, 3.63) is 70.8 Å². The van der Waals surface area contributed by atoms with Crippen LogP contribution in [0.1, 0.15) is 42.2 Å². The van der Waals surface area contributed by atoms with Gasteiger partial charge in [0.15, 0.2) is 0 Å². The number of fused-ring (bicyclic) bond motifs is 1. The summed E-state index contributed by atoms with van der Waals surface area (Å²) in [5, 5.41) is 10.7. The number of aliphatic hydroxyl groups excluding tert-OH is 1. The summed E-state index contributed by atoms with van der Waals surface area (Å²) < 4.78 is 0. The van der Waals surface area contributed by atoms with Gasteiger partial charge in [-0.25, -0.2) is 0 Å². The number of hydrogen-bond acceptors (Lipinski definition) is 1. The molecule has 1 unspecified atom stereocenters. The average Bonchev–Trinajstić information content (AvgIpc) is 2.90. The molecular formula is C20H24O. The summed E-state index contributed by atoms with van der Waals surface area (Å²) in [6.07, 6.45) is 2.73. The topological polar surface area (TPSA) is 20.2 Å². The van der Waals surface area contributed by atoms with Gasteiger partial charge in [-0.15, -0.1) is 0 Å². The van der Waals surface area contributed by atoms with Crippen LogP contribution in [0.2, 0.25) is 0 Å². The number of benzene rings is 2. The lowest BCUT2D eigenvalue weighted by Gasteiger charge is -2.18. The molecule has 2 aromatic carbocycles. The SMILES string of the molecule is CC(C)Cc1ccc(C(O)C2Cc3ccccc3C2)cc1. The molecule has 0 bridgehead atoms. The van der Waals surface area contributed by atoms with Crippen molar-refractivity contribution in [3.8, 4) is 0 Å². The molecule has 2 aromatic rings. The van der Waals surface area contributed by atoms with E-state index >= 15 is 0 Å². The van der Waals surface area contributed by atoms with Gasteiger partial charge in [-0.05, 0) is 53.4 Å². The lowest BCUT2D eigenvalue weighted by Crippen LogP contribution is -2.12. The Hall–Kier alpha value is -1.60. The summed E-state index contributed by atoms with van der Waals surface area (Å²) in [6, 6.07) is 17.1. The number of rotatable bonds is 4. The first kappa shape index (κ1) is 14.3. The van der Waals surface area contributed by atoms with E-state index in [1.54, 1.807) is 0 Å². The van der Waals surface area contributed by atoms with Crippen LogP contribution in [-0.2, 0) is 19.3 Å². The molecule has 0 saturated heterocycles. The quantitative estimate of drug-likeness (QED) is 0.883. The Morgan fingerprint density at radius 3 is 2.05 bits per heavy atom. The minimum Gasteiger partial charge on any atom is -0.388 e. The van der Waals surface area contributed by atoms with Gasteiger partial charge in [-0.2, -0.15) is 0 Å². The van der Waals surface area contributed by atoms with E-state index in [2.05, 4.69) is 62.4 Å². The molecule has 1 heteroatoms. The summed E-state index contributed by atoms with van der Waals surface area (Å²) in [6.45, 7) is 4.47. The van der Waals surface area contributed by atoms with Gasteiger partial charge < -0.3 is 5.11 Å². The van der Waals surface area contributed by atoms with E-state index < -0.39 is 0 Å². The van der Waals surface area contributed by atoms with Crippen LogP contribution in [0.3, 0.4) is 0 Å². The van der Waals surface area contributed by atoms with Gasteiger partial charge in [0.05, 0.1) is 6.10 Å². The molecule has 0 amide bonds. The first-order valence-corrected chi connectivity index (χ1v) is 7.97. The van der Waals surface area contributed by atoms with Crippen LogP contribution in [0.5, 0.6) is 0 Å². The van der Waals surface area contributed by atoms with Crippen molar-refractivity contribution in [3.63, 3.8) is 0 Å². The molecule has 0 heterocycles. The van der Waals surface area contributed by atoms with Crippen LogP contribution in [0.25, 0.3) is 0 Å². The minimum absolute atomic E-state index is 0.318. The summed E-state index contributed by atoms with van der Waals surface area (Å²) in [7, 11) is 0. The summed E-state index contributed by atoms with van der Waals surface area (Å²) in [5.41, 5.74) is 5.21. The zero-order valence-electron chi connectivity index (χ0n) is 12.9. The van der Waals surface area contributed by atoms with Gasteiger partial charge in [0.25, 0.3) is 0 Å². The molecule has 0 saturated carbocycles. The minimum atomic E-state index is -0.356. The van der Waals surface area contributed by atoms with Crippen LogP contribution >= 0.6 is 0 Å². The van der Waals surface area contributed by atoms with Gasteiger partial charge in [-0.1, -0.05) is 62.4 Å². The van der Waals surface area contributed by atoms with Crippen LogP contribution in [-0.4, -0.2) is 5.11 Å². The molecule has 1 aliphatic rings. The highest BCUT2D eigenvalue weighted by Gasteiger charge is 2.28. The van der Waals surface area contributed by atoms with Gasteiger partial charge >= 0.3 is 0 Å². The van der Waals surface area contributed by atoms with Crippen LogP contribution in [0.4, 0.5) is 0 Å². The number of hydrogen-bond donors (Lipinski definition) is 1. The molecule has 0 aromatic heterocycles. The second-order valence-electron chi connectivity index (χ2n) is 6.72. The van der Waals surface area contributed by atoms with E-state index in [9.17, 15) is 5.11 Å². The lowest BCUT2D eigenvalue weighted by atomic mass is 9.92. The van der Waals surface area contributed by atoms with Crippen LogP contribution in [0, 0.1) is 11.8 Å². The fraction of sp³-hybridized carbons (Fsp3) is 0.400. The molecule has 1 N–H and O–H groups in total. The Morgan fingerprint density at radius 2 is 1.52 bits per heavy atom. The maximum Gasteiger partial charge on any atom is 0.0824 e. The van der Waals surface area contributed by atoms with E-state index in [4.69, 9.17) is 0 Å². The first-order chi connectivity index (χ1) is 10.1. The van der Waals surface area contributed by atoms with Crippen molar-refractivity contribution in [2.24, 2.45) is 11.8 Å². The van der Waals surface area contributed by atoms with Crippen LogP contribution in [0.15, 0.2) is 48.5 Å². The summed E-state index contributed by atoms with van der Waals surface area (Å²) in [5.74, 6) is 0.989. The van der Waals surface area contributed by atoms with Crippen molar-refractivity contribution >= 4 is 0 Å². The second-order valence-corrected chi connectivity index (χ2v) is 6.72. The molecule has 1 atom stereocenters. The van der Waals surface area contributed by atoms with Gasteiger partial charge in [0, 0.05) is 0 Å². The Balaban J connectivity index is 1.70. The Labute approximate surface area is 127 Å². The monoisotopic (exact) mass is 280 g/mol. The molecule has 0 spiro atoms. The zero-order valence-corrected chi connectivity index (χ0v) is 12.9. The lowest BCUT2D eigenvalue weighted by molar-refractivity contribution is 0.113. The summed E-state index contributed by atoms with van der Waals surface area (Å²) in [4.78, 5) is 0. The molecule has 1 nitrogen and oxygen atoms in total. The van der Waals surface area contributed by atoms with Crippen molar-refractivity contribution < 1.29 is 5.11 Å². The third-order valence-corrected chi connectivity index (χ3v) is 4.49. The van der Waals surface area contributed by atoms with Gasteiger partial charge in [0.2, 0.25) is 0 Å². The van der Waals surface area contributed by atoms with E-state index in [1.165, 1.54) is 16.7 Å². The van der Waals surface area contributed by atoms with E-state index in [1.807, 2.05) is 0 Å². The third kappa shape index (κ3) is 3.19. The Bertz CT molecular complexity index is 572. The van der Waals surface area contributed by atoms with Gasteiger partial charge in [0.1, 0.15) is 0 Å². The highest BCUT2D eigenvalue weighted by atomic mass is 16.3. The molecule has 0 radical (unpaired) electrons. The molecule has 0 fully saturated rings.